The maximum absolute atomic E-state index is 12.2. The van der Waals surface area contributed by atoms with Gasteiger partial charge in [-0.1, -0.05) is 12.1 Å². The van der Waals surface area contributed by atoms with Crippen LogP contribution in [0.5, 0.6) is 0 Å². The Hall–Kier alpha value is -1.82. The number of aromatic nitrogens is 2. The van der Waals surface area contributed by atoms with Crippen LogP contribution in [0.25, 0.3) is 17.2 Å². The van der Waals surface area contributed by atoms with Crippen molar-refractivity contribution >= 4 is 27.3 Å². The molecule has 1 aromatic carbocycles. The number of hydrogen-bond donors (Lipinski definition) is 0. The number of nitrogens with zero attached hydrogens (tertiary/aromatic N) is 3. The van der Waals surface area contributed by atoms with E-state index in [-0.39, 0.29) is 5.16 Å². The molecule has 0 fully saturated rings. The van der Waals surface area contributed by atoms with Gasteiger partial charge in [0.2, 0.25) is 0 Å². The molecule has 0 aliphatic carbocycles. The highest BCUT2D eigenvalue weighted by Crippen LogP contribution is 2.25. The summed E-state index contributed by atoms with van der Waals surface area (Å²) in [4.78, 5) is 4.19. The Morgan fingerprint density at radius 3 is 2.76 bits per heavy atom. The van der Waals surface area contributed by atoms with Crippen LogP contribution in [0, 0.1) is 0 Å². The van der Waals surface area contributed by atoms with Crippen LogP contribution < -0.4 is 0 Å². The van der Waals surface area contributed by atoms with Crippen LogP contribution in [0.2, 0.25) is 0 Å². The van der Waals surface area contributed by atoms with Gasteiger partial charge < -0.3 is 0 Å². The predicted molar refractivity (Wildman–Crippen MR) is 64.6 cm³/mol. The van der Waals surface area contributed by atoms with Gasteiger partial charge in [0.05, 0.1) is 11.0 Å². The standard InChI is InChI=1S/C11H11N3O2S/c1-2-13-7-8-14-10-6-4-3-5-9(10)12-11(14)17(13,15)16/h3-8H,2H2,1H3. The van der Waals surface area contributed by atoms with Gasteiger partial charge >= 0.3 is 0 Å². The first-order valence-corrected chi connectivity index (χ1v) is 6.75. The number of sulfonamides is 1. The van der Waals surface area contributed by atoms with Crippen molar-refractivity contribution in [3.63, 3.8) is 0 Å². The van der Waals surface area contributed by atoms with Crippen LogP contribution in [-0.4, -0.2) is 28.8 Å². The normalized spacial score (nSPS) is 17.4. The number of fused-ring (bicyclic) bond motifs is 3. The topological polar surface area (TPSA) is 55.2 Å². The average molecular weight is 249 g/mol. The lowest BCUT2D eigenvalue weighted by Crippen LogP contribution is -2.30. The molecule has 5 nitrogen and oxygen atoms in total. The van der Waals surface area contributed by atoms with E-state index in [4.69, 9.17) is 0 Å². The molecule has 1 aliphatic rings. The van der Waals surface area contributed by atoms with Gasteiger partial charge in [-0.2, -0.15) is 8.42 Å². The second-order valence-electron chi connectivity index (χ2n) is 3.76. The Morgan fingerprint density at radius 1 is 1.24 bits per heavy atom. The van der Waals surface area contributed by atoms with Crippen molar-refractivity contribution in [1.29, 1.82) is 0 Å². The van der Waals surface area contributed by atoms with Crippen LogP contribution in [0.1, 0.15) is 6.92 Å². The Kier molecular flexibility index (Phi) is 2.03. The van der Waals surface area contributed by atoms with E-state index in [0.29, 0.717) is 12.1 Å². The van der Waals surface area contributed by atoms with Gasteiger partial charge in [-0.3, -0.25) is 8.87 Å². The third kappa shape index (κ3) is 1.30. The number of para-hydroxylation sites is 2. The summed E-state index contributed by atoms with van der Waals surface area (Å²) in [5.74, 6) is 0. The molecule has 0 bridgehead atoms. The summed E-state index contributed by atoms with van der Waals surface area (Å²) in [5.41, 5.74) is 1.49. The number of hydrogen-bond acceptors (Lipinski definition) is 3. The van der Waals surface area contributed by atoms with Crippen LogP contribution in [0.3, 0.4) is 0 Å². The lowest BCUT2D eigenvalue weighted by molar-refractivity contribution is 0.496. The second-order valence-corrected chi connectivity index (χ2v) is 5.54. The monoisotopic (exact) mass is 249 g/mol. The van der Waals surface area contributed by atoms with Crippen molar-refractivity contribution < 1.29 is 8.42 Å². The van der Waals surface area contributed by atoms with Crippen molar-refractivity contribution in [2.24, 2.45) is 0 Å². The minimum atomic E-state index is -3.50. The van der Waals surface area contributed by atoms with Gasteiger partial charge in [-0.15, -0.1) is 0 Å². The van der Waals surface area contributed by atoms with Crippen LogP contribution in [0.15, 0.2) is 35.6 Å². The third-order valence-electron chi connectivity index (χ3n) is 2.80. The fraction of sp³-hybridized carbons (Fsp3) is 0.182. The van der Waals surface area contributed by atoms with E-state index >= 15 is 0 Å². The molecule has 0 unspecified atom stereocenters. The molecule has 0 radical (unpaired) electrons. The van der Waals surface area contributed by atoms with Crippen molar-refractivity contribution in [3.8, 4) is 0 Å². The van der Waals surface area contributed by atoms with E-state index in [1.165, 1.54) is 4.31 Å². The van der Waals surface area contributed by atoms with Crippen molar-refractivity contribution in [2.75, 3.05) is 6.54 Å². The van der Waals surface area contributed by atoms with Gasteiger partial charge in [0.1, 0.15) is 0 Å². The third-order valence-corrected chi connectivity index (χ3v) is 4.54. The van der Waals surface area contributed by atoms with Crippen LogP contribution in [-0.2, 0) is 10.0 Å². The Labute approximate surface area is 99.0 Å². The maximum atomic E-state index is 12.2. The summed E-state index contributed by atoms with van der Waals surface area (Å²) < 4.78 is 27.3. The fourth-order valence-corrected chi connectivity index (χ4v) is 3.34. The minimum Gasteiger partial charge on any atom is -0.287 e. The second kappa shape index (κ2) is 3.33. The maximum Gasteiger partial charge on any atom is 0.298 e. The molecule has 6 heteroatoms. The highest BCUT2D eigenvalue weighted by molar-refractivity contribution is 7.89. The van der Waals surface area contributed by atoms with Gasteiger partial charge in [0.15, 0.2) is 0 Å². The van der Waals surface area contributed by atoms with Crippen LogP contribution in [0.4, 0.5) is 0 Å². The van der Waals surface area contributed by atoms with Gasteiger partial charge in [0.25, 0.3) is 15.2 Å². The van der Waals surface area contributed by atoms with E-state index < -0.39 is 10.0 Å². The zero-order valence-corrected chi connectivity index (χ0v) is 10.1. The van der Waals surface area contributed by atoms with Gasteiger partial charge in [0, 0.05) is 18.9 Å². The quantitative estimate of drug-likeness (QED) is 0.769. The first-order chi connectivity index (χ1) is 8.14. The molecule has 88 valence electrons. The summed E-state index contributed by atoms with van der Waals surface area (Å²) in [6.07, 6.45) is 3.30. The predicted octanol–water partition coefficient (Wildman–Crippen LogP) is 1.49. The molecule has 3 rings (SSSR count). The largest absolute Gasteiger partial charge is 0.298 e. The van der Waals surface area contributed by atoms with Crippen LogP contribution >= 0.6 is 0 Å². The summed E-state index contributed by atoms with van der Waals surface area (Å²) >= 11 is 0. The van der Waals surface area contributed by atoms with Crippen molar-refractivity contribution in [3.05, 3.63) is 30.5 Å². The Balaban J connectivity index is 2.38. The van der Waals surface area contributed by atoms with E-state index in [9.17, 15) is 8.42 Å². The van der Waals surface area contributed by atoms with Gasteiger partial charge in [-0.25, -0.2) is 4.98 Å². The molecule has 0 saturated carbocycles. The first-order valence-electron chi connectivity index (χ1n) is 5.31. The van der Waals surface area contributed by atoms with E-state index in [2.05, 4.69) is 4.98 Å². The summed E-state index contributed by atoms with van der Waals surface area (Å²) in [5, 5.41) is 0.0862. The van der Waals surface area contributed by atoms with E-state index in [1.54, 1.807) is 30.0 Å². The lowest BCUT2D eigenvalue weighted by Gasteiger charge is -2.21. The molecule has 0 atom stereocenters. The van der Waals surface area contributed by atoms with E-state index in [1.807, 2.05) is 18.2 Å². The molecule has 1 aromatic heterocycles. The zero-order chi connectivity index (χ0) is 12.0. The SMILES string of the molecule is CCN1C=Cn2c(nc3ccccc32)S1(=O)=O. The van der Waals surface area contributed by atoms with Crippen molar-refractivity contribution in [1.82, 2.24) is 13.9 Å². The lowest BCUT2D eigenvalue weighted by atomic mass is 10.3. The van der Waals surface area contributed by atoms with Crippen molar-refractivity contribution in [2.45, 2.75) is 12.1 Å². The first kappa shape index (κ1) is 10.3. The molecule has 0 saturated heterocycles. The molecule has 2 aromatic rings. The zero-order valence-electron chi connectivity index (χ0n) is 9.24. The highest BCUT2D eigenvalue weighted by atomic mass is 32.2. The molecular formula is C11H11N3O2S. The molecule has 0 amide bonds. The number of rotatable bonds is 1. The molecule has 2 heterocycles. The average Bonchev–Trinajstić information content (AvgIpc) is 2.69. The summed E-state index contributed by atoms with van der Waals surface area (Å²) in [6, 6.07) is 7.37. The minimum absolute atomic E-state index is 0.0862. The Morgan fingerprint density at radius 2 is 2.00 bits per heavy atom. The Bertz CT molecular complexity index is 715. The molecule has 0 N–H and O–H groups in total. The summed E-state index contributed by atoms with van der Waals surface area (Å²) in [6.45, 7) is 2.20. The van der Waals surface area contributed by atoms with Gasteiger partial charge in [-0.05, 0) is 19.1 Å². The summed E-state index contributed by atoms with van der Waals surface area (Å²) in [7, 11) is -3.50. The molecule has 17 heavy (non-hydrogen) atoms. The smallest absolute Gasteiger partial charge is 0.287 e. The number of imidazole rings is 1. The fourth-order valence-electron chi connectivity index (χ4n) is 1.95. The highest BCUT2D eigenvalue weighted by Gasteiger charge is 2.30. The van der Waals surface area contributed by atoms with E-state index in [0.717, 1.165) is 5.52 Å². The molecule has 1 aliphatic heterocycles. The molecule has 0 spiro atoms. The number of benzene rings is 1. The molecular weight excluding hydrogens is 238 g/mol.